The number of aromatic nitrogens is 3. The Morgan fingerprint density at radius 2 is 2.00 bits per heavy atom. The summed E-state index contributed by atoms with van der Waals surface area (Å²) in [4.78, 5) is 21.5. The summed E-state index contributed by atoms with van der Waals surface area (Å²) >= 11 is 1.60. The van der Waals surface area contributed by atoms with Crippen LogP contribution in [0, 0.1) is 0 Å². The Morgan fingerprint density at radius 1 is 1.21 bits per heavy atom. The molecule has 1 aliphatic heterocycles. The van der Waals surface area contributed by atoms with Gasteiger partial charge in [-0.3, -0.25) is 19.6 Å². The van der Waals surface area contributed by atoms with E-state index >= 15 is 0 Å². The van der Waals surface area contributed by atoms with E-state index in [0.29, 0.717) is 12.2 Å². The van der Waals surface area contributed by atoms with Gasteiger partial charge in [-0.15, -0.1) is 0 Å². The molecule has 2 aromatic heterocycles. The molecule has 7 heteroatoms. The number of hydrogen-bond acceptors (Lipinski definition) is 5. The summed E-state index contributed by atoms with van der Waals surface area (Å²) in [5, 5.41) is 3.80. The van der Waals surface area contributed by atoms with E-state index in [1.807, 2.05) is 67.9 Å². The second-order valence-corrected chi connectivity index (χ2v) is 8.25. The van der Waals surface area contributed by atoms with E-state index in [4.69, 9.17) is 4.74 Å². The fourth-order valence-electron chi connectivity index (χ4n) is 3.20. The minimum Gasteiger partial charge on any atom is -0.487 e. The lowest BCUT2D eigenvalue weighted by Crippen LogP contribution is -2.13. The molecular formula is C21H22N4O2S. The molecule has 28 heavy (non-hydrogen) atoms. The van der Waals surface area contributed by atoms with Gasteiger partial charge in [0.1, 0.15) is 12.4 Å². The number of rotatable bonds is 5. The van der Waals surface area contributed by atoms with Gasteiger partial charge in [-0.05, 0) is 50.6 Å². The number of nitrogens with one attached hydrogen (secondary N) is 1. The van der Waals surface area contributed by atoms with Crippen LogP contribution in [0.15, 0.2) is 58.4 Å². The molecule has 0 bridgehead atoms. The second-order valence-electron chi connectivity index (χ2n) is 6.95. The molecule has 1 atom stereocenters. The zero-order chi connectivity index (χ0) is 19.7. The average Bonchev–Trinajstić information content (AvgIpc) is 3.03. The van der Waals surface area contributed by atoms with Crippen molar-refractivity contribution >= 4 is 22.6 Å². The van der Waals surface area contributed by atoms with Crippen LogP contribution in [-0.4, -0.2) is 19.8 Å². The Morgan fingerprint density at radius 3 is 2.68 bits per heavy atom. The van der Waals surface area contributed by atoms with Gasteiger partial charge in [0.2, 0.25) is 0 Å². The molecule has 0 amide bonds. The summed E-state index contributed by atoms with van der Waals surface area (Å²) in [5.74, 6) is 1.51. The smallest absolute Gasteiger partial charge is 0.271 e. The molecule has 3 aromatic rings. The molecule has 1 N–H and O–H groups in total. The van der Waals surface area contributed by atoms with Crippen molar-refractivity contribution in [2.24, 2.45) is 4.99 Å². The van der Waals surface area contributed by atoms with E-state index in [2.05, 4.69) is 15.1 Å². The van der Waals surface area contributed by atoms with Crippen molar-refractivity contribution in [2.75, 3.05) is 0 Å². The van der Waals surface area contributed by atoms with E-state index in [-0.39, 0.29) is 16.9 Å². The lowest BCUT2D eigenvalue weighted by atomic mass is 10.1. The average molecular weight is 395 g/mol. The standard InChI is InChI=1S/C21H22N4O2S/c1-13(2)25-20-18(21(26)24-25)19(28-14(3)23-20)15-7-9-17(10-8-15)27-12-16-6-4-5-11-22-16/h4-11,13,19H,12H2,1-3H3,(H,24,26)/t19-/m0/s1. The number of H-pyrrole nitrogens is 1. The van der Waals surface area contributed by atoms with Crippen LogP contribution < -0.4 is 10.3 Å². The molecule has 0 saturated heterocycles. The first-order valence-electron chi connectivity index (χ1n) is 9.22. The molecule has 0 spiro atoms. The number of ether oxygens (including phenoxy) is 1. The predicted molar refractivity (Wildman–Crippen MR) is 113 cm³/mol. The van der Waals surface area contributed by atoms with Gasteiger partial charge in [0.15, 0.2) is 5.82 Å². The number of hydrogen-bond donors (Lipinski definition) is 1. The molecular weight excluding hydrogens is 372 g/mol. The van der Waals surface area contributed by atoms with Crippen LogP contribution in [-0.2, 0) is 6.61 Å². The number of thioether (sulfide) groups is 1. The molecule has 0 saturated carbocycles. The lowest BCUT2D eigenvalue weighted by Gasteiger charge is -2.21. The fourth-order valence-corrected chi connectivity index (χ4v) is 4.30. The van der Waals surface area contributed by atoms with Crippen molar-refractivity contribution in [3.8, 4) is 5.75 Å². The molecule has 0 unspecified atom stereocenters. The highest BCUT2D eigenvalue weighted by Gasteiger charge is 2.30. The quantitative estimate of drug-likeness (QED) is 0.685. The molecule has 3 heterocycles. The first-order valence-corrected chi connectivity index (χ1v) is 10.1. The third-order valence-electron chi connectivity index (χ3n) is 4.56. The zero-order valence-corrected chi connectivity index (χ0v) is 16.9. The Bertz CT molecular complexity index is 1050. The molecule has 6 nitrogen and oxygen atoms in total. The monoisotopic (exact) mass is 394 g/mol. The zero-order valence-electron chi connectivity index (χ0n) is 16.0. The maximum absolute atomic E-state index is 12.6. The van der Waals surface area contributed by atoms with Crippen molar-refractivity contribution < 1.29 is 4.74 Å². The molecule has 1 aromatic carbocycles. The summed E-state index contributed by atoms with van der Waals surface area (Å²) in [6.07, 6.45) is 1.75. The van der Waals surface area contributed by atoms with E-state index in [1.54, 1.807) is 18.0 Å². The van der Waals surface area contributed by atoms with Crippen LogP contribution in [0.1, 0.15) is 48.9 Å². The van der Waals surface area contributed by atoms with Crippen LogP contribution >= 0.6 is 11.8 Å². The van der Waals surface area contributed by atoms with Gasteiger partial charge in [-0.1, -0.05) is 30.0 Å². The van der Waals surface area contributed by atoms with Crippen molar-refractivity contribution in [3.63, 3.8) is 0 Å². The van der Waals surface area contributed by atoms with E-state index < -0.39 is 0 Å². The summed E-state index contributed by atoms with van der Waals surface area (Å²) in [6.45, 7) is 6.47. The summed E-state index contributed by atoms with van der Waals surface area (Å²) in [6, 6.07) is 13.8. The van der Waals surface area contributed by atoms with Crippen LogP contribution in [0.3, 0.4) is 0 Å². The van der Waals surface area contributed by atoms with Crippen LogP contribution in [0.2, 0.25) is 0 Å². The number of benzene rings is 1. The van der Waals surface area contributed by atoms with Crippen molar-refractivity contribution in [2.45, 2.75) is 38.7 Å². The van der Waals surface area contributed by atoms with Crippen molar-refractivity contribution in [1.29, 1.82) is 0 Å². The highest BCUT2D eigenvalue weighted by Crippen LogP contribution is 2.44. The maximum atomic E-state index is 12.6. The van der Waals surface area contributed by atoms with Gasteiger partial charge >= 0.3 is 0 Å². The third kappa shape index (κ3) is 3.62. The molecule has 144 valence electrons. The fraction of sp³-hybridized carbons (Fsp3) is 0.286. The molecule has 0 radical (unpaired) electrons. The number of aromatic amines is 1. The van der Waals surface area contributed by atoms with E-state index in [1.165, 1.54) is 0 Å². The van der Waals surface area contributed by atoms with E-state index in [0.717, 1.165) is 27.9 Å². The van der Waals surface area contributed by atoms with Gasteiger partial charge in [0.05, 0.1) is 21.6 Å². The van der Waals surface area contributed by atoms with E-state index in [9.17, 15) is 4.79 Å². The van der Waals surface area contributed by atoms with Crippen LogP contribution in [0.25, 0.3) is 0 Å². The van der Waals surface area contributed by atoms with Gasteiger partial charge < -0.3 is 4.74 Å². The Hall–Kier alpha value is -2.80. The van der Waals surface area contributed by atoms with Gasteiger partial charge in [-0.2, -0.15) is 0 Å². The summed E-state index contributed by atoms with van der Waals surface area (Å²) in [5.41, 5.74) is 2.57. The first-order chi connectivity index (χ1) is 13.5. The normalized spacial score (nSPS) is 16.0. The van der Waals surface area contributed by atoms with Gasteiger partial charge in [-0.25, -0.2) is 4.99 Å². The Labute approximate surface area is 167 Å². The molecule has 0 aliphatic carbocycles. The Kier molecular flexibility index (Phi) is 5.09. The topological polar surface area (TPSA) is 72.3 Å². The number of fused-ring (bicyclic) bond motifs is 1. The number of nitrogens with zero attached hydrogens (tertiary/aromatic N) is 3. The number of aliphatic imine (C=N–C) groups is 1. The molecule has 4 rings (SSSR count). The third-order valence-corrected chi connectivity index (χ3v) is 5.74. The molecule has 1 aliphatic rings. The minimum absolute atomic E-state index is 0.0760. The predicted octanol–water partition coefficient (Wildman–Crippen LogP) is 4.62. The minimum atomic E-state index is -0.0823. The molecule has 0 fully saturated rings. The maximum Gasteiger partial charge on any atom is 0.271 e. The second kappa shape index (κ2) is 7.67. The lowest BCUT2D eigenvalue weighted by molar-refractivity contribution is 0.301. The van der Waals surface area contributed by atoms with Crippen molar-refractivity contribution in [3.05, 3.63) is 75.8 Å². The first kappa shape index (κ1) is 18.6. The van der Waals surface area contributed by atoms with Gasteiger partial charge in [0.25, 0.3) is 5.56 Å². The number of pyridine rings is 1. The van der Waals surface area contributed by atoms with Crippen LogP contribution in [0.5, 0.6) is 5.75 Å². The largest absolute Gasteiger partial charge is 0.487 e. The Balaban J connectivity index is 1.58. The highest BCUT2D eigenvalue weighted by molar-refractivity contribution is 8.14. The highest BCUT2D eigenvalue weighted by atomic mass is 32.2. The van der Waals surface area contributed by atoms with Crippen LogP contribution in [0.4, 0.5) is 5.82 Å². The van der Waals surface area contributed by atoms with Gasteiger partial charge in [0, 0.05) is 12.2 Å². The van der Waals surface area contributed by atoms with Crippen molar-refractivity contribution in [1.82, 2.24) is 14.8 Å². The summed E-state index contributed by atoms with van der Waals surface area (Å²) < 4.78 is 7.66. The summed E-state index contributed by atoms with van der Waals surface area (Å²) in [7, 11) is 0. The SMILES string of the molecule is CC1=Nc2c(c(=O)[nH]n2C(C)C)[C@H](c2ccc(OCc3ccccn3)cc2)S1.